The van der Waals surface area contributed by atoms with Crippen molar-refractivity contribution in [2.45, 2.75) is 30.4 Å². The van der Waals surface area contributed by atoms with Gasteiger partial charge >= 0.3 is 5.97 Å². The second-order valence-electron chi connectivity index (χ2n) is 3.96. The van der Waals surface area contributed by atoms with Crippen molar-refractivity contribution in [3.63, 3.8) is 0 Å². The molecule has 1 heterocycles. The van der Waals surface area contributed by atoms with Crippen LogP contribution < -0.4 is 0 Å². The molecule has 0 aromatic heterocycles. The summed E-state index contributed by atoms with van der Waals surface area (Å²) >= 11 is 1.59. The predicted molar refractivity (Wildman–Crippen MR) is 64.0 cm³/mol. The SMILES string of the molecule is COCCOCCCC1(C(=O)O)CCCS1. The van der Waals surface area contributed by atoms with E-state index < -0.39 is 10.7 Å². The van der Waals surface area contributed by atoms with Crippen LogP contribution in [-0.2, 0) is 14.3 Å². The molecule has 16 heavy (non-hydrogen) atoms. The molecule has 0 spiro atoms. The summed E-state index contributed by atoms with van der Waals surface area (Å²) < 4.78 is 9.65. The lowest BCUT2D eigenvalue weighted by Crippen LogP contribution is -2.32. The van der Waals surface area contributed by atoms with E-state index in [2.05, 4.69) is 0 Å². The van der Waals surface area contributed by atoms with Gasteiger partial charge in [0.2, 0.25) is 0 Å². The summed E-state index contributed by atoms with van der Waals surface area (Å²) in [6, 6.07) is 0. The maximum atomic E-state index is 11.2. The third-order valence-corrected chi connectivity index (χ3v) is 4.42. The largest absolute Gasteiger partial charge is 0.480 e. The molecule has 1 saturated heterocycles. The highest BCUT2D eigenvalue weighted by atomic mass is 32.2. The lowest BCUT2D eigenvalue weighted by Gasteiger charge is -2.22. The molecule has 5 heteroatoms. The lowest BCUT2D eigenvalue weighted by molar-refractivity contribution is -0.140. The Morgan fingerprint density at radius 1 is 1.44 bits per heavy atom. The molecule has 0 amide bonds. The monoisotopic (exact) mass is 248 g/mol. The molecule has 1 N–H and O–H groups in total. The Balaban J connectivity index is 2.16. The highest BCUT2D eigenvalue weighted by molar-refractivity contribution is 8.01. The minimum atomic E-state index is -0.660. The number of ether oxygens (including phenoxy) is 2. The van der Waals surface area contributed by atoms with Crippen LogP contribution in [0.2, 0.25) is 0 Å². The Kier molecular flexibility index (Phi) is 6.16. The van der Waals surface area contributed by atoms with Crippen molar-refractivity contribution in [1.82, 2.24) is 0 Å². The number of carboxylic acids is 1. The lowest BCUT2D eigenvalue weighted by atomic mass is 9.98. The van der Waals surface area contributed by atoms with Crippen molar-refractivity contribution >= 4 is 17.7 Å². The molecule has 94 valence electrons. The highest BCUT2D eigenvalue weighted by Crippen LogP contribution is 2.41. The van der Waals surface area contributed by atoms with Crippen molar-refractivity contribution in [2.24, 2.45) is 0 Å². The van der Waals surface area contributed by atoms with Gasteiger partial charge in [0.15, 0.2) is 0 Å². The number of carboxylic acid groups (broad SMARTS) is 1. The van der Waals surface area contributed by atoms with Gasteiger partial charge in [-0.3, -0.25) is 4.79 Å². The summed E-state index contributed by atoms with van der Waals surface area (Å²) in [5.41, 5.74) is 0. The summed E-state index contributed by atoms with van der Waals surface area (Å²) in [4.78, 5) is 11.2. The fourth-order valence-corrected chi connectivity index (χ4v) is 3.25. The average Bonchev–Trinajstić information content (AvgIpc) is 2.73. The smallest absolute Gasteiger partial charge is 0.319 e. The quantitative estimate of drug-likeness (QED) is 0.664. The van der Waals surface area contributed by atoms with Crippen molar-refractivity contribution in [1.29, 1.82) is 0 Å². The van der Waals surface area contributed by atoms with Crippen LogP contribution >= 0.6 is 11.8 Å². The van der Waals surface area contributed by atoms with Crippen LogP contribution in [0.1, 0.15) is 25.7 Å². The number of methoxy groups -OCH3 is 1. The average molecular weight is 248 g/mol. The Morgan fingerprint density at radius 2 is 2.25 bits per heavy atom. The summed E-state index contributed by atoms with van der Waals surface area (Å²) in [5.74, 6) is 0.309. The van der Waals surface area contributed by atoms with Gasteiger partial charge in [0, 0.05) is 13.7 Å². The molecule has 1 atom stereocenters. The van der Waals surface area contributed by atoms with Gasteiger partial charge in [-0.1, -0.05) is 0 Å². The van der Waals surface area contributed by atoms with E-state index in [4.69, 9.17) is 9.47 Å². The van der Waals surface area contributed by atoms with E-state index in [0.29, 0.717) is 26.2 Å². The molecule has 0 aromatic rings. The fourth-order valence-electron chi connectivity index (χ4n) is 1.87. The van der Waals surface area contributed by atoms with E-state index >= 15 is 0 Å². The standard InChI is InChI=1S/C11H20O4S/c1-14-7-8-15-6-2-4-11(10(12)13)5-3-9-16-11/h2-9H2,1H3,(H,12,13). The number of hydrogen-bond donors (Lipinski definition) is 1. The molecule has 0 radical (unpaired) electrons. The predicted octanol–water partition coefficient (Wildman–Crippen LogP) is 1.78. The van der Waals surface area contributed by atoms with Crippen LogP contribution in [0.4, 0.5) is 0 Å². The normalized spacial score (nSPS) is 24.8. The summed E-state index contributed by atoms with van der Waals surface area (Å²) in [6.07, 6.45) is 3.33. The van der Waals surface area contributed by atoms with Crippen molar-refractivity contribution in [2.75, 3.05) is 32.7 Å². The highest BCUT2D eigenvalue weighted by Gasteiger charge is 2.41. The molecular formula is C11H20O4S. The van der Waals surface area contributed by atoms with E-state index in [9.17, 15) is 9.90 Å². The minimum absolute atomic E-state index is 0.537. The third kappa shape index (κ3) is 3.96. The van der Waals surface area contributed by atoms with Crippen LogP contribution in [0, 0.1) is 0 Å². The summed E-state index contributed by atoms with van der Waals surface area (Å²) in [6.45, 7) is 1.81. The first-order valence-corrected chi connectivity index (χ1v) is 6.64. The van der Waals surface area contributed by atoms with Crippen LogP contribution in [0.25, 0.3) is 0 Å². The van der Waals surface area contributed by atoms with Gasteiger partial charge in [-0.2, -0.15) is 0 Å². The zero-order chi connectivity index (χ0) is 11.9. The van der Waals surface area contributed by atoms with Gasteiger partial charge in [0.05, 0.1) is 13.2 Å². The van der Waals surface area contributed by atoms with E-state index in [1.807, 2.05) is 0 Å². The van der Waals surface area contributed by atoms with Crippen LogP contribution in [0.15, 0.2) is 0 Å². The molecule has 0 aliphatic carbocycles. The Hall–Kier alpha value is -0.260. The number of rotatable bonds is 8. The first-order chi connectivity index (χ1) is 7.71. The second-order valence-corrected chi connectivity index (χ2v) is 5.44. The van der Waals surface area contributed by atoms with Crippen LogP contribution in [0.3, 0.4) is 0 Å². The zero-order valence-electron chi connectivity index (χ0n) is 9.74. The third-order valence-electron chi connectivity index (χ3n) is 2.79. The molecule has 0 aromatic carbocycles. The molecule has 1 rings (SSSR count). The van der Waals surface area contributed by atoms with Gasteiger partial charge in [-0.05, 0) is 31.4 Å². The first-order valence-electron chi connectivity index (χ1n) is 5.65. The number of aliphatic carboxylic acids is 1. The molecule has 0 saturated carbocycles. The Bertz CT molecular complexity index is 214. The topological polar surface area (TPSA) is 55.8 Å². The summed E-state index contributed by atoms with van der Waals surface area (Å²) in [5, 5.41) is 9.22. The second kappa shape index (κ2) is 7.14. The van der Waals surface area contributed by atoms with E-state index in [0.717, 1.165) is 25.0 Å². The zero-order valence-corrected chi connectivity index (χ0v) is 10.6. The maximum Gasteiger partial charge on any atom is 0.319 e. The number of hydrogen-bond acceptors (Lipinski definition) is 4. The Labute approximate surface area is 101 Å². The van der Waals surface area contributed by atoms with Crippen molar-refractivity contribution in [3.8, 4) is 0 Å². The number of thioether (sulfide) groups is 1. The molecular weight excluding hydrogens is 228 g/mol. The Morgan fingerprint density at radius 3 is 2.81 bits per heavy atom. The fraction of sp³-hybridized carbons (Fsp3) is 0.909. The molecule has 1 aliphatic rings. The molecule has 4 nitrogen and oxygen atoms in total. The minimum Gasteiger partial charge on any atom is -0.480 e. The maximum absolute atomic E-state index is 11.2. The van der Waals surface area contributed by atoms with Gasteiger partial charge in [-0.25, -0.2) is 0 Å². The van der Waals surface area contributed by atoms with Crippen molar-refractivity contribution in [3.05, 3.63) is 0 Å². The van der Waals surface area contributed by atoms with Gasteiger partial charge in [-0.15, -0.1) is 11.8 Å². The molecule has 0 bridgehead atoms. The van der Waals surface area contributed by atoms with Crippen LogP contribution in [-0.4, -0.2) is 48.5 Å². The van der Waals surface area contributed by atoms with Gasteiger partial charge in [0.1, 0.15) is 4.75 Å². The van der Waals surface area contributed by atoms with E-state index in [1.54, 1.807) is 18.9 Å². The molecule has 1 unspecified atom stereocenters. The number of carbonyl (C=O) groups is 1. The molecule has 1 fully saturated rings. The first kappa shape index (κ1) is 13.8. The van der Waals surface area contributed by atoms with Gasteiger partial charge in [0.25, 0.3) is 0 Å². The molecule has 1 aliphatic heterocycles. The summed E-state index contributed by atoms with van der Waals surface area (Å²) in [7, 11) is 1.64. The van der Waals surface area contributed by atoms with E-state index in [1.165, 1.54) is 0 Å². The van der Waals surface area contributed by atoms with E-state index in [-0.39, 0.29) is 0 Å². The van der Waals surface area contributed by atoms with Crippen LogP contribution in [0.5, 0.6) is 0 Å². The van der Waals surface area contributed by atoms with Crippen molar-refractivity contribution < 1.29 is 19.4 Å². The van der Waals surface area contributed by atoms with Gasteiger partial charge < -0.3 is 14.6 Å².